The standard InChI is InChI=1S/C8H15Cl/c1-3-5-6-8(4-2)7-9/h7H,3-6H2,1-2H3/b8-7+. The lowest BCUT2D eigenvalue weighted by molar-refractivity contribution is 0.768. The van der Waals surface area contributed by atoms with Crippen molar-refractivity contribution in [2.24, 2.45) is 0 Å². The molecule has 0 aliphatic heterocycles. The van der Waals surface area contributed by atoms with E-state index < -0.39 is 0 Å². The predicted octanol–water partition coefficient (Wildman–Crippen LogP) is 3.71. The molecule has 0 aliphatic carbocycles. The van der Waals surface area contributed by atoms with Gasteiger partial charge in [0.1, 0.15) is 0 Å². The molecule has 0 aliphatic rings. The van der Waals surface area contributed by atoms with Crippen LogP contribution in [0.2, 0.25) is 0 Å². The molecule has 0 aromatic carbocycles. The van der Waals surface area contributed by atoms with Crippen molar-refractivity contribution in [3.63, 3.8) is 0 Å². The molecular weight excluding hydrogens is 132 g/mol. The maximum atomic E-state index is 5.54. The maximum Gasteiger partial charge on any atom is 0.00343 e. The molecule has 0 radical (unpaired) electrons. The van der Waals surface area contributed by atoms with Crippen LogP contribution < -0.4 is 0 Å². The predicted molar refractivity (Wildman–Crippen MR) is 43.8 cm³/mol. The first-order chi connectivity index (χ1) is 4.35. The molecule has 0 spiro atoms. The smallest absolute Gasteiger partial charge is 0.00343 e. The van der Waals surface area contributed by atoms with E-state index in [2.05, 4.69) is 13.8 Å². The summed E-state index contributed by atoms with van der Waals surface area (Å²) in [5.74, 6) is 0. The highest BCUT2D eigenvalue weighted by molar-refractivity contribution is 6.25. The second-order valence-corrected chi connectivity index (χ2v) is 2.44. The number of unbranched alkanes of at least 4 members (excludes halogenated alkanes) is 1. The SMILES string of the molecule is CCCC/C(=C/Cl)CC. The zero-order chi connectivity index (χ0) is 7.11. The molecule has 1 heteroatoms. The van der Waals surface area contributed by atoms with Crippen molar-refractivity contribution >= 4 is 11.6 Å². The van der Waals surface area contributed by atoms with Crippen molar-refractivity contribution in [3.8, 4) is 0 Å². The summed E-state index contributed by atoms with van der Waals surface area (Å²) in [6.45, 7) is 4.34. The summed E-state index contributed by atoms with van der Waals surface area (Å²) >= 11 is 5.54. The fourth-order valence-electron chi connectivity index (χ4n) is 0.712. The second-order valence-electron chi connectivity index (χ2n) is 2.22. The number of hydrogen-bond donors (Lipinski definition) is 0. The fourth-order valence-corrected chi connectivity index (χ4v) is 0.976. The van der Waals surface area contributed by atoms with Crippen molar-refractivity contribution in [1.29, 1.82) is 0 Å². The van der Waals surface area contributed by atoms with E-state index in [9.17, 15) is 0 Å². The topological polar surface area (TPSA) is 0 Å². The van der Waals surface area contributed by atoms with Gasteiger partial charge in [-0.25, -0.2) is 0 Å². The van der Waals surface area contributed by atoms with Gasteiger partial charge in [-0.05, 0) is 19.3 Å². The van der Waals surface area contributed by atoms with Gasteiger partial charge < -0.3 is 0 Å². The minimum absolute atomic E-state index is 1.10. The Labute approximate surface area is 62.9 Å². The molecule has 0 heterocycles. The summed E-state index contributed by atoms with van der Waals surface area (Å²) in [7, 11) is 0. The molecular formula is C8H15Cl. The van der Waals surface area contributed by atoms with Crippen LogP contribution in [-0.2, 0) is 0 Å². The molecule has 9 heavy (non-hydrogen) atoms. The van der Waals surface area contributed by atoms with Gasteiger partial charge in [0.15, 0.2) is 0 Å². The number of hydrogen-bond acceptors (Lipinski definition) is 0. The molecule has 0 saturated heterocycles. The minimum atomic E-state index is 1.10. The first-order valence-electron chi connectivity index (χ1n) is 3.63. The minimum Gasteiger partial charge on any atom is -0.0930 e. The van der Waals surface area contributed by atoms with Crippen molar-refractivity contribution in [2.75, 3.05) is 0 Å². The molecule has 0 N–H and O–H groups in total. The van der Waals surface area contributed by atoms with Crippen molar-refractivity contribution in [1.82, 2.24) is 0 Å². The van der Waals surface area contributed by atoms with Gasteiger partial charge in [0.25, 0.3) is 0 Å². The van der Waals surface area contributed by atoms with E-state index in [0.29, 0.717) is 0 Å². The van der Waals surface area contributed by atoms with E-state index >= 15 is 0 Å². The van der Waals surface area contributed by atoms with Crippen molar-refractivity contribution < 1.29 is 0 Å². The third kappa shape index (κ3) is 4.53. The first kappa shape index (κ1) is 9.03. The van der Waals surface area contributed by atoms with Gasteiger partial charge in [-0.1, -0.05) is 37.4 Å². The third-order valence-corrected chi connectivity index (χ3v) is 1.77. The highest BCUT2D eigenvalue weighted by Crippen LogP contribution is 2.11. The fraction of sp³-hybridized carbons (Fsp3) is 0.750. The average molecular weight is 147 g/mol. The van der Waals surface area contributed by atoms with E-state index in [-0.39, 0.29) is 0 Å². The first-order valence-corrected chi connectivity index (χ1v) is 4.06. The highest BCUT2D eigenvalue weighted by atomic mass is 35.5. The summed E-state index contributed by atoms with van der Waals surface area (Å²) in [6.07, 6.45) is 4.81. The van der Waals surface area contributed by atoms with Crippen LogP contribution in [0.25, 0.3) is 0 Å². The van der Waals surface area contributed by atoms with Gasteiger partial charge in [-0.15, -0.1) is 0 Å². The molecule has 0 aromatic heterocycles. The maximum absolute atomic E-state index is 5.54. The van der Waals surface area contributed by atoms with Gasteiger partial charge in [0, 0.05) is 5.54 Å². The van der Waals surface area contributed by atoms with Gasteiger partial charge in [-0.2, -0.15) is 0 Å². The van der Waals surface area contributed by atoms with Gasteiger partial charge in [0.2, 0.25) is 0 Å². The van der Waals surface area contributed by atoms with Gasteiger partial charge in [0.05, 0.1) is 0 Å². The largest absolute Gasteiger partial charge is 0.0930 e. The normalized spacial score (nSPS) is 12.1. The van der Waals surface area contributed by atoms with Crippen LogP contribution in [0.4, 0.5) is 0 Å². The second kappa shape index (κ2) is 6.15. The van der Waals surface area contributed by atoms with Crippen LogP contribution >= 0.6 is 11.6 Å². The lowest BCUT2D eigenvalue weighted by Gasteiger charge is -1.98. The van der Waals surface area contributed by atoms with Crippen LogP contribution in [0.3, 0.4) is 0 Å². The van der Waals surface area contributed by atoms with E-state index in [0.717, 1.165) is 6.42 Å². The summed E-state index contributed by atoms with van der Waals surface area (Å²) in [6, 6.07) is 0. The Kier molecular flexibility index (Phi) is 6.18. The third-order valence-electron chi connectivity index (χ3n) is 1.46. The Morgan fingerprint density at radius 1 is 1.44 bits per heavy atom. The lowest BCUT2D eigenvalue weighted by Crippen LogP contribution is -1.78. The average Bonchev–Trinajstić information content (AvgIpc) is 1.91. The summed E-state index contributed by atoms with van der Waals surface area (Å²) in [5.41, 5.74) is 3.09. The number of rotatable bonds is 4. The summed E-state index contributed by atoms with van der Waals surface area (Å²) in [4.78, 5) is 0. The molecule has 0 atom stereocenters. The van der Waals surface area contributed by atoms with Crippen molar-refractivity contribution in [2.45, 2.75) is 39.5 Å². The molecule has 0 fully saturated rings. The summed E-state index contributed by atoms with van der Waals surface area (Å²) in [5, 5.41) is 0. The Balaban J connectivity index is 3.33. The van der Waals surface area contributed by atoms with Crippen LogP contribution in [-0.4, -0.2) is 0 Å². The summed E-state index contributed by atoms with van der Waals surface area (Å²) < 4.78 is 0. The van der Waals surface area contributed by atoms with E-state index in [4.69, 9.17) is 11.6 Å². The number of allylic oxidation sites excluding steroid dienone is 1. The Hall–Kier alpha value is 0.0300. The Bertz CT molecular complexity index is 84.6. The van der Waals surface area contributed by atoms with E-state index in [1.165, 1.54) is 24.8 Å². The monoisotopic (exact) mass is 146 g/mol. The lowest BCUT2D eigenvalue weighted by atomic mass is 10.1. The Morgan fingerprint density at radius 3 is 2.44 bits per heavy atom. The molecule has 0 rings (SSSR count). The van der Waals surface area contributed by atoms with Gasteiger partial charge >= 0.3 is 0 Å². The van der Waals surface area contributed by atoms with Crippen LogP contribution in [0.1, 0.15) is 39.5 Å². The molecule has 54 valence electrons. The molecule has 0 nitrogen and oxygen atoms in total. The zero-order valence-electron chi connectivity index (χ0n) is 6.28. The molecule has 0 saturated carbocycles. The number of halogens is 1. The van der Waals surface area contributed by atoms with Gasteiger partial charge in [-0.3, -0.25) is 0 Å². The van der Waals surface area contributed by atoms with Crippen molar-refractivity contribution in [3.05, 3.63) is 11.1 Å². The van der Waals surface area contributed by atoms with E-state index in [1.807, 2.05) is 0 Å². The van der Waals surface area contributed by atoms with Crippen LogP contribution in [0.15, 0.2) is 11.1 Å². The zero-order valence-corrected chi connectivity index (χ0v) is 7.04. The van der Waals surface area contributed by atoms with E-state index in [1.54, 1.807) is 5.54 Å². The quantitative estimate of drug-likeness (QED) is 0.567. The van der Waals surface area contributed by atoms with Crippen LogP contribution in [0, 0.1) is 0 Å². The Morgan fingerprint density at radius 2 is 2.11 bits per heavy atom. The molecule has 0 bridgehead atoms. The molecule has 0 unspecified atom stereocenters. The molecule has 0 amide bonds. The van der Waals surface area contributed by atoms with Crippen LogP contribution in [0.5, 0.6) is 0 Å². The highest BCUT2D eigenvalue weighted by Gasteiger charge is 1.90. The molecule has 0 aromatic rings.